The molecule has 0 radical (unpaired) electrons. The minimum absolute atomic E-state index is 0.0638. The number of benzene rings is 2. The molecule has 2 aliphatic rings. The highest BCUT2D eigenvalue weighted by molar-refractivity contribution is 5.99. The summed E-state index contributed by atoms with van der Waals surface area (Å²) in [5.74, 6) is 0.103. The van der Waals surface area contributed by atoms with Crippen molar-refractivity contribution in [3.05, 3.63) is 55.6 Å². The Morgan fingerprint density at radius 1 is 0.868 bits per heavy atom. The lowest BCUT2D eigenvalue weighted by Gasteiger charge is -2.34. The minimum Gasteiger partial charge on any atom is -0.493 e. The minimum atomic E-state index is -0.660. The third kappa shape index (κ3) is 11.2. The Morgan fingerprint density at radius 2 is 1.42 bits per heavy atom. The number of methoxy groups -OCH3 is 3. The van der Waals surface area contributed by atoms with Crippen LogP contribution in [0.15, 0.2) is 24.3 Å². The van der Waals surface area contributed by atoms with E-state index in [-0.39, 0.29) is 60.3 Å². The molecule has 0 aromatic heterocycles. The highest BCUT2D eigenvalue weighted by atomic mass is 16.6. The second-order valence-electron chi connectivity index (χ2n) is 14.6. The maximum atomic E-state index is 13.0. The molecule has 2 aromatic rings. The van der Waals surface area contributed by atoms with Crippen molar-refractivity contribution < 1.29 is 53.0 Å². The number of rotatable bonds is 15. The maximum Gasteiger partial charge on any atom is 0.328 e. The van der Waals surface area contributed by atoms with E-state index in [1.54, 1.807) is 13.0 Å². The summed E-state index contributed by atoms with van der Waals surface area (Å²) < 4.78 is 27.3. The molecule has 2 amide bonds. The van der Waals surface area contributed by atoms with Gasteiger partial charge in [-0.05, 0) is 49.5 Å². The number of hydrogen-bond acceptors (Lipinski definition) is 13. The molecule has 0 saturated carbocycles. The number of ether oxygens (including phenoxy) is 5. The fourth-order valence-electron chi connectivity index (χ4n) is 6.61. The third-order valence-electron chi connectivity index (χ3n) is 8.94. The van der Waals surface area contributed by atoms with E-state index in [9.17, 15) is 39.7 Å². The van der Waals surface area contributed by atoms with Crippen molar-refractivity contribution in [3.63, 3.8) is 0 Å². The van der Waals surface area contributed by atoms with E-state index >= 15 is 0 Å². The van der Waals surface area contributed by atoms with Gasteiger partial charge in [-0.3, -0.25) is 29.8 Å². The molecule has 17 heteroatoms. The first kappa shape index (κ1) is 42.2. The van der Waals surface area contributed by atoms with E-state index in [0.29, 0.717) is 43.7 Å². The molecule has 292 valence electrons. The van der Waals surface area contributed by atoms with Crippen molar-refractivity contribution in [2.75, 3.05) is 54.2 Å². The first-order chi connectivity index (χ1) is 24.9. The lowest BCUT2D eigenvalue weighted by atomic mass is 9.76. The summed E-state index contributed by atoms with van der Waals surface area (Å²) in [5, 5.41) is 33.1. The molecule has 2 unspecified atom stereocenters. The number of hydrogen-bond donors (Lipinski definition) is 1. The zero-order valence-corrected chi connectivity index (χ0v) is 31.5. The van der Waals surface area contributed by atoms with Crippen LogP contribution in [0.25, 0.3) is 0 Å². The first-order valence-electron chi connectivity index (χ1n) is 17.1. The second-order valence-corrected chi connectivity index (χ2v) is 14.6. The van der Waals surface area contributed by atoms with Crippen LogP contribution >= 0.6 is 0 Å². The van der Waals surface area contributed by atoms with Crippen LogP contribution in [0.3, 0.4) is 0 Å². The highest BCUT2D eigenvalue weighted by Gasteiger charge is 2.34. The average molecular weight is 747 g/mol. The van der Waals surface area contributed by atoms with Gasteiger partial charge in [-0.2, -0.15) is 0 Å². The van der Waals surface area contributed by atoms with E-state index in [1.165, 1.54) is 49.3 Å². The topological polar surface area (TPSA) is 210 Å². The number of nitro groups is 2. The summed E-state index contributed by atoms with van der Waals surface area (Å²) in [6.45, 7) is 11.0. The summed E-state index contributed by atoms with van der Waals surface area (Å²) in [5.41, 5.74) is -1.01. The molecule has 4 rings (SSSR count). The molecular formula is C36H50N4O13. The quantitative estimate of drug-likeness (QED) is 0.113. The number of likely N-dealkylation sites (tertiary alicyclic amines) is 2. The number of carbonyl (C=O) groups is 3. The van der Waals surface area contributed by atoms with E-state index in [1.807, 2.05) is 27.7 Å². The van der Waals surface area contributed by atoms with Crippen LogP contribution in [0.2, 0.25) is 0 Å². The number of β-amino-alcohol motifs (C(OH)–C–C–N with tert-alkyl or cyclic N) is 1. The largest absolute Gasteiger partial charge is 0.493 e. The second kappa shape index (κ2) is 18.0. The Labute approximate surface area is 308 Å². The van der Waals surface area contributed by atoms with Crippen molar-refractivity contribution >= 4 is 29.7 Å². The molecule has 1 N–H and O–H groups in total. The number of esters is 1. The Kier molecular flexibility index (Phi) is 14.4. The van der Waals surface area contributed by atoms with E-state index in [0.717, 1.165) is 12.8 Å². The van der Waals surface area contributed by atoms with Crippen LogP contribution in [0.4, 0.5) is 11.4 Å². The van der Waals surface area contributed by atoms with Gasteiger partial charge < -0.3 is 38.6 Å². The SMILES string of the molecule is COC(=O)C1CCCN1C=O.COc1cc(C)c([N+](=O)[O-])cc1OCC(C)(C)CC(C)(C)COc1cc([N+](=O)[O-])c(C(=O)N2CCC(O)C2)cc1OC. The van der Waals surface area contributed by atoms with Gasteiger partial charge in [0.2, 0.25) is 6.41 Å². The summed E-state index contributed by atoms with van der Waals surface area (Å²) >= 11 is 0. The van der Waals surface area contributed by atoms with Gasteiger partial charge in [-0.1, -0.05) is 27.7 Å². The summed E-state index contributed by atoms with van der Waals surface area (Å²) in [7, 11) is 4.19. The Bertz CT molecular complexity index is 1660. The molecule has 0 bridgehead atoms. The normalized spacial score (nSPS) is 17.0. The molecule has 0 spiro atoms. The average Bonchev–Trinajstić information content (AvgIpc) is 3.77. The van der Waals surface area contributed by atoms with Gasteiger partial charge in [0.05, 0.1) is 62.6 Å². The fourth-order valence-corrected chi connectivity index (χ4v) is 6.61. The number of amides is 2. The smallest absolute Gasteiger partial charge is 0.328 e. The van der Waals surface area contributed by atoms with Gasteiger partial charge in [-0.25, -0.2) is 4.79 Å². The first-order valence-corrected chi connectivity index (χ1v) is 17.1. The Hall–Kier alpha value is -5.19. The monoisotopic (exact) mass is 746 g/mol. The van der Waals surface area contributed by atoms with Crippen LogP contribution in [0.5, 0.6) is 23.0 Å². The zero-order valence-electron chi connectivity index (χ0n) is 31.5. The van der Waals surface area contributed by atoms with Crippen molar-refractivity contribution in [1.29, 1.82) is 0 Å². The lowest BCUT2D eigenvalue weighted by molar-refractivity contribution is -0.385. The number of carbonyl (C=O) groups excluding carboxylic acids is 3. The van der Waals surface area contributed by atoms with Crippen molar-refractivity contribution in [2.45, 2.75) is 72.4 Å². The fraction of sp³-hybridized carbons (Fsp3) is 0.583. The molecule has 2 aromatic carbocycles. The van der Waals surface area contributed by atoms with Gasteiger partial charge >= 0.3 is 5.97 Å². The molecular weight excluding hydrogens is 696 g/mol. The number of nitro benzene ring substituents is 2. The number of nitrogens with zero attached hydrogens (tertiary/aromatic N) is 4. The van der Waals surface area contributed by atoms with Gasteiger partial charge in [0.25, 0.3) is 17.3 Å². The van der Waals surface area contributed by atoms with Crippen LogP contribution in [-0.4, -0.2) is 109 Å². The van der Waals surface area contributed by atoms with Gasteiger partial charge in [0.15, 0.2) is 23.0 Å². The van der Waals surface area contributed by atoms with E-state index < -0.39 is 38.4 Å². The van der Waals surface area contributed by atoms with Crippen molar-refractivity contribution in [1.82, 2.24) is 9.80 Å². The molecule has 17 nitrogen and oxygen atoms in total. The number of aryl methyl sites for hydroxylation is 1. The predicted octanol–water partition coefficient (Wildman–Crippen LogP) is 4.72. The molecule has 2 fully saturated rings. The van der Waals surface area contributed by atoms with E-state index in [2.05, 4.69) is 4.74 Å². The molecule has 53 heavy (non-hydrogen) atoms. The van der Waals surface area contributed by atoms with Crippen LogP contribution in [0, 0.1) is 38.0 Å². The maximum absolute atomic E-state index is 13.0. The molecule has 2 atom stereocenters. The van der Waals surface area contributed by atoms with Gasteiger partial charge in [0.1, 0.15) is 11.6 Å². The lowest BCUT2D eigenvalue weighted by Crippen LogP contribution is -2.35. The Balaban J connectivity index is 0.000000586. The summed E-state index contributed by atoms with van der Waals surface area (Å²) in [6, 6.07) is 5.09. The molecule has 0 aliphatic carbocycles. The molecule has 2 saturated heterocycles. The van der Waals surface area contributed by atoms with Crippen molar-refractivity contribution in [3.8, 4) is 23.0 Å². The summed E-state index contributed by atoms with van der Waals surface area (Å²) in [6.07, 6.45) is 2.66. The molecule has 2 aliphatic heterocycles. The van der Waals surface area contributed by atoms with Crippen LogP contribution < -0.4 is 18.9 Å². The highest BCUT2D eigenvalue weighted by Crippen LogP contribution is 2.40. The molecule has 2 heterocycles. The number of aliphatic hydroxyl groups is 1. The van der Waals surface area contributed by atoms with Crippen LogP contribution in [0.1, 0.15) is 69.3 Å². The van der Waals surface area contributed by atoms with Gasteiger partial charge in [0, 0.05) is 31.3 Å². The van der Waals surface area contributed by atoms with E-state index in [4.69, 9.17) is 18.9 Å². The van der Waals surface area contributed by atoms with Gasteiger partial charge in [-0.15, -0.1) is 0 Å². The standard InChI is InChI=1S/C29H39N3O10.C7H11NO3/c1-18-10-23(39-6)25(12-21(18)31(35)36)41-16-28(2,3)15-29(4,5)17-42-26-13-22(32(37)38)20(11-24(26)40-7)27(34)30-9-8-19(33)14-30;1-11-7(10)6-3-2-4-8(6)5-9/h10-13,19,33H,8-9,14-17H2,1-7H3;5-6H,2-4H2,1H3. The Morgan fingerprint density at radius 3 is 1.89 bits per heavy atom. The summed E-state index contributed by atoms with van der Waals surface area (Å²) in [4.78, 5) is 59.4. The predicted molar refractivity (Wildman–Crippen MR) is 192 cm³/mol. The van der Waals surface area contributed by atoms with Crippen LogP contribution in [-0.2, 0) is 14.3 Å². The zero-order chi connectivity index (χ0) is 39.7. The van der Waals surface area contributed by atoms with Crippen molar-refractivity contribution in [2.24, 2.45) is 10.8 Å². The third-order valence-corrected chi connectivity index (χ3v) is 8.94. The number of aliphatic hydroxyl groups excluding tert-OH is 1.